The highest BCUT2D eigenvalue weighted by Crippen LogP contribution is 2.18. The predicted octanol–water partition coefficient (Wildman–Crippen LogP) is 5.15. The zero-order chi connectivity index (χ0) is 15.2. The van der Waals surface area contributed by atoms with Gasteiger partial charge in [-0.15, -0.1) is 0 Å². The predicted molar refractivity (Wildman–Crippen MR) is 83.6 cm³/mol. The summed E-state index contributed by atoms with van der Waals surface area (Å²) in [4.78, 5) is 10.8. The average molecular weight is 280 g/mol. The van der Waals surface area contributed by atoms with E-state index in [9.17, 15) is 4.79 Å². The lowest BCUT2D eigenvalue weighted by molar-refractivity contribution is 0.0692. The summed E-state index contributed by atoms with van der Waals surface area (Å²) in [5.74, 6) is -0.484. The Morgan fingerprint density at radius 3 is 2.10 bits per heavy atom. The largest absolute Gasteiger partial charge is 0.493 e. The third kappa shape index (κ3) is 8.57. The molecule has 1 aromatic carbocycles. The van der Waals surface area contributed by atoms with Gasteiger partial charge in [-0.05, 0) is 18.6 Å². The number of para-hydroxylation sites is 1. The molecule has 20 heavy (non-hydrogen) atoms. The first kappa shape index (κ1) is 18.5. The second-order valence-corrected chi connectivity index (χ2v) is 4.71. The van der Waals surface area contributed by atoms with Crippen molar-refractivity contribution in [2.75, 3.05) is 6.61 Å². The smallest absolute Gasteiger partial charge is 0.339 e. The maximum Gasteiger partial charge on any atom is 0.339 e. The van der Waals surface area contributed by atoms with Gasteiger partial charge in [0.25, 0.3) is 0 Å². The molecular weight excluding hydrogens is 252 g/mol. The minimum atomic E-state index is -0.943. The molecule has 114 valence electrons. The minimum Gasteiger partial charge on any atom is -0.493 e. The molecule has 0 aliphatic carbocycles. The van der Waals surface area contributed by atoms with Crippen LogP contribution in [0.25, 0.3) is 0 Å². The van der Waals surface area contributed by atoms with Gasteiger partial charge in [0, 0.05) is 0 Å². The van der Waals surface area contributed by atoms with Crippen LogP contribution in [0.5, 0.6) is 5.75 Å². The van der Waals surface area contributed by atoms with Crippen LogP contribution in [0, 0.1) is 0 Å². The number of carbonyl (C=O) groups is 1. The Hall–Kier alpha value is -1.51. The quantitative estimate of drug-likeness (QED) is 0.670. The van der Waals surface area contributed by atoms with Crippen LogP contribution in [0.3, 0.4) is 0 Å². The fraction of sp³-hybridized carbons (Fsp3) is 0.588. The molecule has 1 aromatic rings. The highest BCUT2D eigenvalue weighted by Gasteiger charge is 2.09. The topological polar surface area (TPSA) is 46.5 Å². The number of rotatable bonds is 8. The number of hydrogen-bond acceptors (Lipinski definition) is 2. The Labute approximate surface area is 123 Å². The fourth-order valence-corrected chi connectivity index (χ4v) is 1.66. The number of unbranched alkanes of at least 4 members (excludes halogenated alkanes) is 4. The molecule has 0 aromatic heterocycles. The molecule has 3 heteroatoms. The van der Waals surface area contributed by atoms with E-state index in [2.05, 4.69) is 20.8 Å². The Morgan fingerprint density at radius 2 is 1.60 bits per heavy atom. The molecule has 0 atom stereocenters. The van der Waals surface area contributed by atoms with E-state index < -0.39 is 5.97 Å². The van der Waals surface area contributed by atoms with Crippen molar-refractivity contribution in [1.82, 2.24) is 0 Å². The van der Waals surface area contributed by atoms with Gasteiger partial charge >= 0.3 is 5.97 Å². The van der Waals surface area contributed by atoms with Crippen molar-refractivity contribution >= 4 is 5.97 Å². The van der Waals surface area contributed by atoms with Crippen molar-refractivity contribution < 1.29 is 14.6 Å². The highest BCUT2D eigenvalue weighted by atomic mass is 16.5. The van der Waals surface area contributed by atoms with E-state index in [0.717, 1.165) is 19.3 Å². The van der Waals surface area contributed by atoms with Gasteiger partial charge in [-0.3, -0.25) is 0 Å². The first-order chi connectivity index (χ1) is 9.67. The molecule has 0 aliphatic heterocycles. The Balaban J connectivity index is 0.000000621. The van der Waals surface area contributed by atoms with Crippen LogP contribution in [0.4, 0.5) is 0 Å². The van der Waals surface area contributed by atoms with Crippen molar-refractivity contribution in [3.8, 4) is 5.75 Å². The fourth-order valence-electron chi connectivity index (χ4n) is 1.66. The summed E-state index contributed by atoms with van der Waals surface area (Å²) in [7, 11) is 0. The summed E-state index contributed by atoms with van der Waals surface area (Å²) in [6.07, 6.45) is 7.27. The van der Waals surface area contributed by atoms with Crippen LogP contribution in [-0.2, 0) is 0 Å². The lowest BCUT2D eigenvalue weighted by atomic mass is 10.2. The van der Waals surface area contributed by atoms with Crippen molar-refractivity contribution in [2.45, 2.75) is 59.3 Å². The van der Waals surface area contributed by atoms with Crippen molar-refractivity contribution in [1.29, 1.82) is 0 Å². The van der Waals surface area contributed by atoms with Gasteiger partial charge in [-0.1, -0.05) is 65.0 Å². The minimum absolute atomic E-state index is 0.231. The second-order valence-electron chi connectivity index (χ2n) is 4.71. The molecule has 1 N–H and O–H groups in total. The van der Waals surface area contributed by atoms with Crippen molar-refractivity contribution in [2.24, 2.45) is 0 Å². The summed E-state index contributed by atoms with van der Waals surface area (Å²) in [6.45, 7) is 7.12. The molecule has 0 fully saturated rings. The summed E-state index contributed by atoms with van der Waals surface area (Å²) in [6, 6.07) is 6.72. The van der Waals surface area contributed by atoms with Crippen LogP contribution >= 0.6 is 0 Å². The molecule has 0 aliphatic rings. The molecule has 0 bridgehead atoms. The second kappa shape index (κ2) is 12.5. The molecule has 3 nitrogen and oxygen atoms in total. The zero-order valence-electron chi connectivity index (χ0n) is 13.0. The van der Waals surface area contributed by atoms with E-state index in [4.69, 9.17) is 9.84 Å². The number of hydrogen-bond donors (Lipinski definition) is 1. The maximum absolute atomic E-state index is 10.8. The lowest BCUT2D eigenvalue weighted by Crippen LogP contribution is -2.04. The molecule has 0 radical (unpaired) electrons. The number of carboxylic acid groups (broad SMARTS) is 1. The number of ether oxygens (including phenoxy) is 1. The Morgan fingerprint density at radius 1 is 1.00 bits per heavy atom. The van der Waals surface area contributed by atoms with Gasteiger partial charge in [0.2, 0.25) is 0 Å². The van der Waals surface area contributed by atoms with Gasteiger partial charge in [0.1, 0.15) is 11.3 Å². The molecule has 0 saturated carbocycles. The summed E-state index contributed by atoms with van der Waals surface area (Å²) in [5.41, 5.74) is 0.231. The lowest BCUT2D eigenvalue weighted by Gasteiger charge is -2.08. The van der Waals surface area contributed by atoms with Gasteiger partial charge in [-0.2, -0.15) is 0 Å². The van der Waals surface area contributed by atoms with Gasteiger partial charge in [0.05, 0.1) is 6.61 Å². The van der Waals surface area contributed by atoms with E-state index >= 15 is 0 Å². The summed E-state index contributed by atoms with van der Waals surface area (Å²) < 4.78 is 5.42. The van der Waals surface area contributed by atoms with Crippen LogP contribution < -0.4 is 4.74 Å². The molecule has 0 spiro atoms. The zero-order valence-corrected chi connectivity index (χ0v) is 13.0. The molecule has 1 rings (SSSR count). The van der Waals surface area contributed by atoms with Gasteiger partial charge < -0.3 is 9.84 Å². The number of benzene rings is 1. The maximum atomic E-state index is 10.8. The number of aromatic carboxylic acids is 1. The molecule has 0 heterocycles. The third-order valence-electron chi connectivity index (χ3n) is 2.83. The average Bonchev–Trinajstić information content (AvgIpc) is 2.45. The molecule has 0 saturated heterocycles. The van der Waals surface area contributed by atoms with Crippen LogP contribution in [0.15, 0.2) is 24.3 Å². The normalized spacial score (nSPS) is 9.55. The van der Waals surface area contributed by atoms with Gasteiger partial charge in [-0.25, -0.2) is 4.79 Å². The van der Waals surface area contributed by atoms with E-state index in [1.807, 2.05) is 0 Å². The number of carboxylic acids is 1. The monoisotopic (exact) mass is 280 g/mol. The molecular formula is C17H28O3. The Bertz CT molecular complexity index is 359. The van der Waals surface area contributed by atoms with E-state index in [0.29, 0.717) is 12.4 Å². The standard InChI is InChI=1S/C12H16O3.C5H12/c1-2-3-6-9-15-11-8-5-4-7-10(11)12(13)14;1-3-5-4-2/h4-5,7-8H,2-3,6,9H2,1H3,(H,13,14);3-5H2,1-2H3. The van der Waals surface area contributed by atoms with Crippen LogP contribution in [0.2, 0.25) is 0 Å². The van der Waals surface area contributed by atoms with Gasteiger partial charge in [0.15, 0.2) is 0 Å². The van der Waals surface area contributed by atoms with E-state index in [-0.39, 0.29) is 5.56 Å². The van der Waals surface area contributed by atoms with Crippen LogP contribution in [-0.4, -0.2) is 17.7 Å². The first-order valence-corrected chi connectivity index (χ1v) is 7.62. The Kier molecular flexibility index (Phi) is 11.6. The highest BCUT2D eigenvalue weighted by molar-refractivity contribution is 5.90. The molecule has 0 amide bonds. The van der Waals surface area contributed by atoms with Crippen molar-refractivity contribution in [3.63, 3.8) is 0 Å². The van der Waals surface area contributed by atoms with E-state index in [1.165, 1.54) is 19.3 Å². The summed E-state index contributed by atoms with van der Waals surface area (Å²) >= 11 is 0. The van der Waals surface area contributed by atoms with E-state index in [1.54, 1.807) is 24.3 Å². The van der Waals surface area contributed by atoms with Crippen molar-refractivity contribution in [3.05, 3.63) is 29.8 Å². The third-order valence-corrected chi connectivity index (χ3v) is 2.83. The molecule has 0 unspecified atom stereocenters. The summed E-state index contributed by atoms with van der Waals surface area (Å²) in [5, 5.41) is 8.89. The first-order valence-electron chi connectivity index (χ1n) is 7.62. The van der Waals surface area contributed by atoms with Crippen LogP contribution in [0.1, 0.15) is 69.7 Å². The SMILES string of the molecule is CCCCC.CCCCCOc1ccccc1C(=O)O.